The number of carbonyl (C=O) groups is 2. The van der Waals surface area contributed by atoms with Gasteiger partial charge in [-0.3, -0.25) is 14.6 Å². The first kappa shape index (κ1) is 27.9. The molecule has 3 heterocycles. The Morgan fingerprint density at radius 3 is 2.52 bits per heavy atom. The molecule has 0 saturated heterocycles. The van der Waals surface area contributed by atoms with Crippen LogP contribution in [-0.2, 0) is 4.79 Å². The van der Waals surface area contributed by atoms with E-state index in [1.54, 1.807) is 24.4 Å². The zero-order valence-corrected chi connectivity index (χ0v) is 21.5. The zero-order valence-electron chi connectivity index (χ0n) is 21.5. The zero-order chi connectivity index (χ0) is 28.7. The molecule has 0 bridgehead atoms. The molecule has 2 aliphatic rings. The van der Waals surface area contributed by atoms with E-state index in [0.717, 1.165) is 12.8 Å². The highest BCUT2D eigenvalue weighted by molar-refractivity contribution is 5.94. The number of fused-ring (bicyclic) bond motifs is 1. The smallest absolute Gasteiger partial charge is 0.366 e. The van der Waals surface area contributed by atoms with E-state index in [2.05, 4.69) is 15.4 Å². The number of carbonyl (C=O) groups excluding carboxylic acids is 2. The Labute approximate surface area is 226 Å². The van der Waals surface area contributed by atoms with Crippen LogP contribution < -0.4 is 11.1 Å². The molecule has 2 fully saturated rings. The molecule has 8 nitrogen and oxygen atoms in total. The SMILES string of the molecule is NC(=O)c1cccnc1[C@@H](c1cn2ncc([C@H](NC(=O)CCC(F)(F)F)C3CC3)cc2n1)C1CCC(F)(F)CC1. The molecule has 3 aromatic rings. The second-order valence-electron chi connectivity index (χ2n) is 10.7. The Morgan fingerprint density at radius 2 is 1.88 bits per heavy atom. The highest BCUT2D eigenvalue weighted by Gasteiger charge is 2.41. The van der Waals surface area contributed by atoms with Crippen molar-refractivity contribution in [2.24, 2.45) is 17.6 Å². The summed E-state index contributed by atoms with van der Waals surface area (Å²) in [6, 6.07) is 4.33. The van der Waals surface area contributed by atoms with Crippen molar-refractivity contribution in [3.63, 3.8) is 0 Å². The molecular weight excluding hydrogens is 535 g/mol. The molecule has 0 spiro atoms. The van der Waals surface area contributed by atoms with Gasteiger partial charge in [0.25, 0.3) is 5.91 Å². The highest BCUT2D eigenvalue weighted by Crippen LogP contribution is 2.45. The lowest BCUT2D eigenvalue weighted by atomic mass is 9.75. The van der Waals surface area contributed by atoms with Gasteiger partial charge < -0.3 is 11.1 Å². The van der Waals surface area contributed by atoms with Crippen molar-refractivity contribution in [3.8, 4) is 0 Å². The van der Waals surface area contributed by atoms with Crippen molar-refractivity contribution in [2.45, 2.75) is 75.4 Å². The fourth-order valence-electron chi connectivity index (χ4n) is 5.51. The van der Waals surface area contributed by atoms with E-state index in [4.69, 9.17) is 10.7 Å². The lowest BCUT2D eigenvalue weighted by Crippen LogP contribution is -2.30. The maximum Gasteiger partial charge on any atom is 0.389 e. The Hall–Kier alpha value is -3.64. The second kappa shape index (κ2) is 10.7. The number of rotatable bonds is 9. The molecule has 2 aliphatic carbocycles. The van der Waals surface area contributed by atoms with Crippen LogP contribution in [0.5, 0.6) is 0 Å². The van der Waals surface area contributed by atoms with Crippen molar-refractivity contribution in [1.29, 1.82) is 0 Å². The first-order chi connectivity index (χ1) is 18.9. The van der Waals surface area contributed by atoms with E-state index < -0.39 is 48.7 Å². The largest absolute Gasteiger partial charge is 0.389 e. The van der Waals surface area contributed by atoms with Crippen molar-refractivity contribution in [2.75, 3.05) is 0 Å². The first-order valence-corrected chi connectivity index (χ1v) is 13.2. The van der Waals surface area contributed by atoms with Gasteiger partial charge in [0.15, 0.2) is 5.65 Å². The number of halogens is 5. The maximum atomic E-state index is 14.0. The van der Waals surface area contributed by atoms with Gasteiger partial charge in [-0.05, 0) is 61.3 Å². The van der Waals surface area contributed by atoms with E-state index in [1.807, 2.05) is 0 Å². The van der Waals surface area contributed by atoms with Gasteiger partial charge in [-0.1, -0.05) is 0 Å². The normalized spacial score (nSPS) is 19.3. The fourth-order valence-corrected chi connectivity index (χ4v) is 5.51. The second-order valence-corrected chi connectivity index (χ2v) is 10.7. The summed E-state index contributed by atoms with van der Waals surface area (Å²) in [5.74, 6) is -4.92. The predicted molar refractivity (Wildman–Crippen MR) is 133 cm³/mol. The molecule has 2 atom stereocenters. The van der Waals surface area contributed by atoms with Crippen molar-refractivity contribution >= 4 is 17.5 Å². The van der Waals surface area contributed by atoms with E-state index in [9.17, 15) is 31.5 Å². The number of primary amides is 1. The van der Waals surface area contributed by atoms with Gasteiger partial charge in [0.05, 0.1) is 41.8 Å². The van der Waals surface area contributed by atoms with E-state index >= 15 is 0 Å². The minimum atomic E-state index is -4.42. The van der Waals surface area contributed by atoms with Crippen LogP contribution in [0.15, 0.2) is 36.8 Å². The molecule has 214 valence electrons. The van der Waals surface area contributed by atoms with Crippen LogP contribution in [0.2, 0.25) is 0 Å². The van der Waals surface area contributed by atoms with Crippen LogP contribution >= 0.6 is 0 Å². The van der Waals surface area contributed by atoms with E-state index in [0.29, 0.717) is 22.6 Å². The molecule has 0 unspecified atom stereocenters. The monoisotopic (exact) mass is 564 g/mol. The number of nitrogens with one attached hydrogen (secondary N) is 1. The number of hydrogen-bond acceptors (Lipinski definition) is 5. The van der Waals surface area contributed by atoms with Crippen LogP contribution in [0.1, 0.15) is 90.6 Å². The van der Waals surface area contributed by atoms with Gasteiger partial charge in [-0.25, -0.2) is 18.3 Å². The van der Waals surface area contributed by atoms with Gasteiger partial charge in [0.1, 0.15) is 0 Å². The molecule has 0 radical (unpaired) electrons. The van der Waals surface area contributed by atoms with Crippen LogP contribution in [0.4, 0.5) is 22.0 Å². The van der Waals surface area contributed by atoms with Crippen LogP contribution in [0.3, 0.4) is 0 Å². The highest BCUT2D eigenvalue weighted by atomic mass is 19.4. The number of alkyl halides is 5. The number of aromatic nitrogens is 4. The maximum absolute atomic E-state index is 14.0. The minimum Gasteiger partial charge on any atom is -0.366 e. The summed E-state index contributed by atoms with van der Waals surface area (Å²) >= 11 is 0. The molecule has 2 amide bonds. The Kier molecular flexibility index (Phi) is 7.49. The number of imidazole rings is 1. The van der Waals surface area contributed by atoms with Gasteiger partial charge in [0.2, 0.25) is 11.8 Å². The summed E-state index contributed by atoms with van der Waals surface area (Å²) in [6.45, 7) is 0. The molecule has 3 aromatic heterocycles. The average molecular weight is 565 g/mol. The lowest BCUT2D eigenvalue weighted by Gasteiger charge is -2.33. The number of hydrogen-bond donors (Lipinski definition) is 2. The molecule has 2 saturated carbocycles. The molecule has 3 N–H and O–H groups in total. The summed E-state index contributed by atoms with van der Waals surface area (Å²) in [5, 5.41) is 7.14. The number of amides is 2. The Bertz CT molecular complexity index is 1390. The van der Waals surface area contributed by atoms with Gasteiger partial charge >= 0.3 is 6.18 Å². The third-order valence-electron chi connectivity index (χ3n) is 7.71. The van der Waals surface area contributed by atoms with Gasteiger partial charge in [0, 0.05) is 31.4 Å². The number of nitrogens with two attached hydrogens (primary N) is 1. The predicted octanol–water partition coefficient (Wildman–Crippen LogP) is 5.09. The number of pyridine rings is 1. The molecule has 0 aromatic carbocycles. The van der Waals surface area contributed by atoms with E-state index in [1.165, 1.54) is 16.9 Å². The third kappa shape index (κ3) is 6.39. The molecule has 5 rings (SSSR count). The number of nitrogens with zero attached hydrogens (tertiary/aromatic N) is 4. The summed E-state index contributed by atoms with van der Waals surface area (Å²) in [6.07, 6.45) is -0.124. The van der Waals surface area contributed by atoms with E-state index in [-0.39, 0.29) is 43.1 Å². The molecule has 40 heavy (non-hydrogen) atoms. The standard InChI is InChI=1S/C27H29F5N6O2/c28-26(29)8-5-15(6-9-26)22(24-18(25(33)40)2-1-11-34-24)19-14-38-20(36-19)12-17(13-35-38)23(16-3-4-16)37-21(39)7-10-27(30,31)32/h1-2,11-16,22-23H,3-10H2,(H2,33,40)(H,37,39)/t22-,23-/m1/s1. The summed E-state index contributed by atoms with van der Waals surface area (Å²) in [5.41, 5.74) is 7.67. The fraction of sp³-hybridized carbons (Fsp3) is 0.519. The summed E-state index contributed by atoms with van der Waals surface area (Å²) in [7, 11) is 0. The van der Waals surface area contributed by atoms with Crippen molar-refractivity contribution in [3.05, 3.63) is 59.3 Å². The van der Waals surface area contributed by atoms with Gasteiger partial charge in [-0.15, -0.1) is 0 Å². The quantitative estimate of drug-likeness (QED) is 0.352. The molecular formula is C27H29F5N6O2. The average Bonchev–Trinajstić information content (AvgIpc) is 3.65. The molecule has 0 aliphatic heterocycles. The third-order valence-corrected chi connectivity index (χ3v) is 7.71. The van der Waals surface area contributed by atoms with Crippen LogP contribution in [0.25, 0.3) is 5.65 Å². The lowest BCUT2D eigenvalue weighted by molar-refractivity contribution is -0.144. The van der Waals surface area contributed by atoms with Crippen molar-refractivity contribution < 1.29 is 31.5 Å². The topological polar surface area (TPSA) is 115 Å². The van der Waals surface area contributed by atoms with Crippen LogP contribution in [0, 0.1) is 11.8 Å². The minimum absolute atomic E-state index is 0.0804. The summed E-state index contributed by atoms with van der Waals surface area (Å²) in [4.78, 5) is 33.6. The Morgan fingerprint density at radius 1 is 1.15 bits per heavy atom. The Balaban J connectivity index is 1.47. The van der Waals surface area contributed by atoms with Crippen LogP contribution in [-0.4, -0.2) is 43.5 Å². The first-order valence-electron chi connectivity index (χ1n) is 13.2. The van der Waals surface area contributed by atoms with Crippen molar-refractivity contribution in [1.82, 2.24) is 24.9 Å². The molecule has 13 heteroatoms. The summed E-state index contributed by atoms with van der Waals surface area (Å²) < 4.78 is 67.3. The van der Waals surface area contributed by atoms with Gasteiger partial charge in [-0.2, -0.15) is 18.3 Å².